The van der Waals surface area contributed by atoms with Crippen molar-refractivity contribution in [2.75, 3.05) is 11.5 Å². The average Bonchev–Trinajstić information content (AvgIpc) is 2.22. The second kappa shape index (κ2) is 6.81. The highest BCUT2D eigenvalue weighted by Gasteiger charge is 2.01. The molecule has 0 fully saturated rings. The second-order valence-electron chi connectivity index (χ2n) is 3.38. The molecule has 0 heterocycles. The number of hydrogen-bond donors (Lipinski definition) is 2. The topological polar surface area (TPSA) is 63.3 Å². The predicted molar refractivity (Wildman–Crippen MR) is 70.8 cm³/mol. The van der Waals surface area contributed by atoms with Gasteiger partial charge in [-0.25, -0.2) is 0 Å². The number of thioether (sulfide) groups is 1. The summed E-state index contributed by atoms with van der Waals surface area (Å²) in [5.41, 5.74) is 6.59. The Kier molecular flexibility index (Phi) is 5.69. The molecule has 16 heavy (non-hydrogen) atoms. The maximum atomic E-state index is 10.3. The monoisotopic (exact) mass is 303 g/mol. The first-order chi connectivity index (χ1) is 7.59. The summed E-state index contributed by atoms with van der Waals surface area (Å²) < 4.78 is 1.01. The zero-order valence-corrected chi connectivity index (χ0v) is 11.2. The number of unbranched alkanes of at least 4 members (excludes halogenated alkanes) is 1. The van der Waals surface area contributed by atoms with Crippen molar-refractivity contribution in [2.45, 2.75) is 24.2 Å². The van der Waals surface area contributed by atoms with Crippen molar-refractivity contribution in [1.29, 1.82) is 0 Å². The van der Waals surface area contributed by atoms with Gasteiger partial charge >= 0.3 is 5.97 Å². The molecule has 1 aromatic carbocycles. The van der Waals surface area contributed by atoms with Gasteiger partial charge in [0.05, 0.1) is 0 Å². The van der Waals surface area contributed by atoms with Gasteiger partial charge in [-0.05, 0) is 36.8 Å². The van der Waals surface area contributed by atoms with E-state index in [0.717, 1.165) is 33.7 Å². The fourth-order valence-corrected chi connectivity index (χ4v) is 2.72. The van der Waals surface area contributed by atoms with Gasteiger partial charge in [0.15, 0.2) is 0 Å². The Balaban J connectivity index is 2.31. The number of carboxylic acids is 1. The molecule has 0 spiro atoms. The van der Waals surface area contributed by atoms with Crippen molar-refractivity contribution in [3.63, 3.8) is 0 Å². The molecule has 0 aliphatic heterocycles. The van der Waals surface area contributed by atoms with Gasteiger partial charge < -0.3 is 10.8 Å². The summed E-state index contributed by atoms with van der Waals surface area (Å²) in [6, 6.07) is 5.75. The molecule has 0 aliphatic carbocycles. The van der Waals surface area contributed by atoms with Crippen molar-refractivity contribution in [1.82, 2.24) is 0 Å². The summed E-state index contributed by atoms with van der Waals surface area (Å²) in [4.78, 5) is 11.3. The predicted octanol–water partition coefficient (Wildman–Crippen LogP) is 3.38. The largest absolute Gasteiger partial charge is 0.481 e. The van der Waals surface area contributed by atoms with E-state index in [1.807, 2.05) is 18.2 Å². The van der Waals surface area contributed by atoms with Crippen LogP contribution >= 0.6 is 27.7 Å². The van der Waals surface area contributed by atoms with Gasteiger partial charge in [0.2, 0.25) is 0 Å². The molecule has 0 bridgehead atoms. The van der Waals surface area contributed by atoms with Crippen LogP contribution in [-0.2, 0) is 4.79 Å². The Morgan fingerprint density at radius 2 is 2.19 bits per heavy atom. The molecule has 0 unspecified atom stereocenters. The van der Waals surface area contributed by atoms with E-state index in [1.165, 1.54) is 0 Å². The zero-order chi connectivity index (χ0) is 12.0. The Labute approximate surface area is 108 Å². The van der Waals surface area contributed by atoms with E-state index in [2.05, 4.69) is 15.9 Å². The number of carbonyl (C=O) groups is 1. The van der Waals surface area contributed by atoms with Crippen LogP contribution < -0.4 is 5.73 Å². The summed E-state index contributed by atoms with van der Waals surface area (Å²) in [6.45, 7) is 0. The molecule has 1 rings (SSSR count). The highest BCUT2D eigenvalue weighted by molar-refractivity contribution is 9.10. The maximum Gasteiger partial charge on any atom is 0.303 e. The van der Waals surface area contributed by atoms with E-state index in [0.29, 0.717) is 0 Å². The van der Waals surface area contributed by atoms with Crippen LogP contribution in [0.5, 0.6) is 0 Å². The van der Waals surface area contributed by atoms with Gasteiger partial charge in [0.25, 0.3) is 0 Å². The molecule has 0 aliphatic rings. The van der Waals surface area contributed by atoms with E-state index in [-0.39, 0.29) is 6.42 Å². The zero-order valence-electron chi connectivity index (χ0n) is 8.78. The Morgan fingerprint density at radius 1 is 1.44 bits per heavy atom. The van der Waals surface area contributed by atoms with Crippen molar-refractivity contribution >= 4 is 39.3 Å². The standard InChI is InChI=1S/C11H14BrNO2S/c12-8-4-5-9(13)10(7-8)16-6-2-1-3-11(14)15/h4-5,7H,1-3,6,13H2,(H,14,15). The first-order valence-corrected chi connectivity index (χ1v) is 6.77. The molecule has 0 atom stereocenters. The van der Waals surface area contributed by atoms with Gasteiger partial charge in [0.1, 0.15) is 0 Å². The van der Waals surface area contributed by atoms with Gasteiger partial charge in [-0.2, -0.15) is 0 Å². The van der Waals surface area contributed by atoms with Crippen LogP contribution in [0.4, 0.5) is 5.69 Å². The lowest BCUT2D eigenvalue weighted by Crippen LogP contribution is -1.94. The van der Waals surface area contributed by atoms with Crippen molar-refractivity contribution in [2.24, 2.45) is 0 Å². The molecule has 0 saturated heterocycles. The third-order valence-electron chi connectivity index (χ3n) is 2.02. The van der Waals surface area contributed by atoms with Gasteiger partial charge in [-0.1, -0.05) is 15.9 Å². The third kappa shape index (κ3) is 4.90. The normalized spacial score (nSPS) is 10.3. The van der Waals surface area contributed by atoms with E-state index in [4.69, 9.17) is 10.8 Å². The molecule has 0 saturated carbocycles. The molecule has 3 nitrogen and oxygen atoms in total. The summed E-state index contributed by atoms with van der Waals surface area (Å²) in [7, 11) is 0. The summed E-state index contributed by atoms with van der Waals surface area (Å²) in [5, 5.41) is 8.48. The number of aliphatic carboxylic acids is 1. The van der Waals surface area contributed by atoms with Gasteiger partial charge in [0, 0.05) is 21.5 Å². The number of anilines is 1. The summed E-state index contributed by atoms with van der Waals surface area (Å²) >= 11 is 5.06. The molecular weight excluding hydrogens is 290 g/mol. The molecule has 1 aromatic rings. The highest BCUT2D eigenvalue weighted by Crippen LogP contribution is 2.28. The summed E-state index contributed by atoms with van der Waals surface area (Å²) in [6.07, 6.45) is 1.85. The van der Waals surface area contributed by atoms with Gasteiger partial charge in [-0.3, -0.25) is 4.79 Å². The van der Waals surface area contributed by atoms with Gasteiger partial charge in [-0.15, -0.1) is 11.8 Å². The van der Waals surface area contributed by atoms with Crippen LogP contribution in [-0.4, -0.2) is 16.8 Å². The van der Waals surface area contributed by atoms with Crippen LogP contribution in [0.3, 0.4) is 0 Å². The Morgan fingerprint density at radius 3 is 2.88 bits per heavy atom. The number of carboxylic acid groups (broad SMARTS) is 1. The fraction of sp³-hybridized carbons (Fsp3) is 0.364. The Bertz CT molecular complexity index is 371. The smallest absolute Gasteiger partial charge is 0.303 e. The van der Waals surface area contributed by atoms with Crippen LogP contribution in [0.25, 0.3) is 0 Å². The van der Waals surface area contributed by atoms with Crippen molar-refractivity contribution in [3.8, 4) is 0 Å². The number of rotatable bonds is 6. The minimum Gasteiger partial charge on any atom is -0.481 e. The van der Waals surface area contributed by atoms with Crippen molar-refractivity contribution in [3.05, 3.63) is 22.7 Å². The second-order valence-corrected chi connectivity index (χ2v) is 5.43. The first kappa shape index (κ1) is 13.4. The highest BCUT2D eigenvalue weighted by atomic mass is 79.9. The lowest BCUT2D eigenvalue weighted by molar-refractivity contribution is -0.137. The summed E-state index contributed by atoms with van der Waals surface area (Å²) in [5.74, 6) is 0.167. The molecular formula is C11H14BrNO2S. The number of nitrogen functional groups attached to an aromatic ring is 1. The molecule has 0 aromatic heterocycles. The molecule has 0 radical (unpaired) electrons. The van der Waals surface area contributed by atoms with E-state index >= 15 is 0 Å². The number of halogens is 1. The minimum atomic E-state index is -0.730. The molecule has 0 amide bonds. The van der Waals surface area contributed by atoms with Crippen LogP contribution in [0, 0.1) is 0 Å². The Hall–Kier alpha value is -0.680. The van der Waals surface area contributed by atoms with Crippen LogP contribution in [0.1, 0.15) is 19.3 Å². The third-order valence-corrected chi connectivity index (χ3v) is 3.67. The molecule has 3 N–H and O–H groups in total. The molecule has 5 heteroatoms. The lowest BCUT2D eigenvalue weighted by Gasteiger charge is -2.05. The lowest BCUT2D eigenvalue weighted by atomic mass is 10.2. The fourth-order valence-electron chi connectivity index (χ4n) is 1.19. The SMILES string of the molecule is Nc1ccc(Br)cc1SCCCCC(=O)O. The first-order valence-electron chi connectivity index (χ1n) is 4.99. The molecule has 88 valence electrons. The number of nitrogens with two attached hydrogens (primary N) is 1. The van der Waals surface area contributed by atoms with Crippen LogP contribution in [0.2, 0.25) is 0 Å². The van der Waals surface area contributed by atoms with E-state index in [1.54, 1.807) is 11.8 Å². The minimum absolute atomic E-state index is 0.245. The quantitative estimate of drug-likeness (QED) is 0.480. The van der Waals surface area contributed by atoms with E-state index in [9.17, 15) is 4.79 Å². The number of benzene rings is 1. The average molecular weight is 304 g/mol. The maximum absolute atomic E-state index is 10.3. The van der Waals surface area contributed by atoms with Crippen molar-refractivity contribution < 1.29 is 9.90 Å². The van der Waals surface area contributed by atoms with Crippen LogP contribution in [0.15, 0.2) is 27.6 Å². The van der Waals surface area contributed by atoms with E-state index < -0.39 is 5.97 Å². The number of hydrogen-bond acceptors (Lipinski definition) is 3.